The van der Waals surface area contributed by atoms with E-state index in [1.165, 1.54) is 10.6 Å². The van der Waals surface area contributed by atoms with Crippen molar-refractivity contribution in [1.29, 1.82) is 5.26 Å². The number of hydrogen-bond acceptors (Lipinski definition) is 3. The SMILES string of the molecule is Cc1ccc(C#N)c(=O)n1CCC(C)(C)O. The predicted molar refractivity (Wildman–Crippen MR) is 61.1 cm³/mol. The van der Waals surface area contributed by atoms with Crippen LogP contribution in [0.2, 0.25) is 0 Å². The van der Waals surface area contributed by atoms with Crippen LogP contribution in [0, 0.1) is 18.3 Å². The standard InChI is InChI=1S/C12H16N2O2/c1-9-4-5-10(8-13)11(15)14(9)7-6-12(2,3)16/h4-5,16H,6-7H2,1-3H3. The summed E-state index contributed by atoms with van der Waals surface area (Å²) in [5, 5.41) is 18.4. The van der Waals surface area contributed by atoms with Crippen LogP contribution in [0.4, 0.5) is 0 Å². The first-order valence-corrected chi connectivity index (χ1v) is 5.18. The van der Waals surface area contributed by atoms with Crippen molar-refractivity contribution in [1.82, 2.24) is 4.57 Å². The van der Waals surface area contributed by atoms with E-state index >= 15 is 0 Å². The summed E-state index contributed by atoms with van der Waals surface area (Å²) in [6.45, 7) is 5.62. The van der Waals surface area contributed by atoms with Crippen LogP contribution in [-0.2, 0) is 6.54 Å². The van der Waals surface area contributed by atoms with Gasteiger partial charge in [0.1, 0.15) is 11.6 Å². The van der Waals surface area contributed by atoms with Crippen LogP contribution in [0.5, 0.6) is 0 Å². The van der Waals surface area contributed by atoms with Crippen molar-refractivity contribution in [3.8, 4) is 6.07 Å². The molecule has 0 saturated carbocycles. The van der Waals surface area contributed by atoms with Crippen molar-refractivity contribution < 1.29 is 5.11 Å². The number of aromatic nitrogens is 1. The summed E-state index contributed by atoms with van der Waals surface area (Å²) in [5.74, 6) is 0. The molecule has 0 saturated heterocycles. The maximum atomic E-state index is 11.8. The van der Waals surface area contributed by atoms with Gasteiger partial charge in [-0.3, -0.25) is 4.79 Å². The fourth-order valence-electron chi connectivity index (χ4n) is 1.42. The molecular formula is C12H16N2O2. The van der Waals surface area contributed by atoms with Gasteiger partial charge in [0.2, 0.25) is 0 Å². The first kappa shape index (κ1) is 12.5. The van der Waals surface area contributed by atoms with Crippen LogP contribution in [0.15, 0.2) is 16.9 Å². The molecule has 0 aromatic carbocycles. The third kappa shape index (κ3) is 2.94. The Morgan fingerprint density at radius 2 is 2.12 bits per heavy atom. The molecule has 0 spiro atoms. The molecule has 0 bridgehead atoms. The molecule has 1 aromatic rings. The number of nitriles is 1. The van der Waals surface area contributed by atoms with Crippen molar-refractivity contribution in [2.24, 2.45) is 0 Å². The minimum atomic E-state index is -0.811. The molecule has 4 nitrogen and oxygen atoms in total. The molecule has 1 N–H and O–H groups in total. The molecule has 16 heavy (non-hydrogen) atoms. The van der Waals surface area contributed by atoms with Crippen molar-refractivity contribution in [2.45, 2.75) is 39.3 Å². The lowest BCUT2D eigenvalue weighted by Gasteiger charge is -2.18. The second kappa shape index (κ2) is 4.50. The lowest BCUT2D eigenvalue weighted by Crippen LogP contribution is -2.29. The minimum Gasteiger partial charge on any atom is -0.390 e. The molecule has 0 amide bonds. The molecule has 4 heteroatoms. The maximum Gasteiger partial charge on any atom is 0.268 e. The van der Waals surface area contributed by atoms with E-state index in [9.17, 15) is 9.90 Å². The van der Waals surface area contributed by atoms with Crippen molar-refractivity contribution >= 4 is 0 Å². The van der Waals surface area contributed by atoms with E-state index < -0.39 is 5.60 Å². The van der Waals surface area contributed by atoms with Gasteiger partial charge in [0, 0.05) is 12.2 Å². The van der Waals surface area contributed by atoms with Crippen molar-refractivity contribution in [2.75, 3.05) is 0 Å². The van der Waals surface area contributed by atoms with E-state index in [1.807, 2.05) is 13.0 Å². The van der Waals surface area contributed by atoms with Gasteiger partial charge in [0.25, 0.3) is 5.56 Å². The Bertz CT molecular complexity index is 475. The topological polar surface area (TPSA) is 66.0 Å². The van der Waals surface area contributed by atoms with E-state index in [0.717, 1.165) is 5.69 Å². The van der Waals surface area contributed by atoms with Crippen LogP contribution in [-0.4, -0.2) is 15.3 Å². The molecule has 0 fully saturated rings. The van der Waals surface area contributed by atoms with Gasteiger partial charge in [-0.2, -0.15) is 5.26 Å². The highest BCUT2D eigenvalue weighted by atomic mass is 16.3. The second-order valence-electron chi connectivity index (χ2n) is 4.52. The zero-order valence-electron chi connectivity index (χ0n) is 9.82. The summed E-state index contributed by atoms with van der Waals surface area (Å²) in [6.07, 6.45) is 0.475. The molecule has 86 valence electrons. The van der Waals surface area contributed by atoms with Gasteiger partial charge >= 0.3 is 0 Å². The molecule has 0 radical (unpaired) electrons. The lowest BCUT2D eigenvalue weighted by molar-refractivity contribution is 0.0657. The average Bonchev–Trinajstić information content (AvgIpc) is 2.16. The molecule has 0 aliphatic heterocycles. The maximum absolute atomic E-state index is 11.8. The van der Waals surface area contributed by atoms with Crippen LogP contribution < -0.4 is 5.56 Å². The molecule has 1 heterocycles. The van der Waals surface area contributed by atoms with Crippen LogP contribution in [0.3, 0.4) is 0 Å². The zero-order valence-corrected chi connectivity index (χ0v) is 9.82. The minimum absolute atomic E-state index is 0.140. The summed E-state index contributed by atoms with van der Waals surface area (Å²) >= 11 is 0. The highest BCUT2D eigenvalue weighted by Crippen LogP contribution is 2.09. The van der Waals surface area contributed by atoms with Crippen LogP contribution >= 0.6 is 0 Å². The quantitative estimate of drug-likeness (QED) is 0.832. The van der Waals surface area contributed by atoms with Crippen molar-refractivity contribution in [3.63, 3.8) is 0 Å². The summed E-state index contributed by atoms with van der Waals surface area (Å²) in [7, 11) is 0. The van der Waals surface area contributed by atoms with Gasteiger partial charge < -0.3 is 9.67 Å². The molecule has 0 unspecified atom stereocenters. The largest absolute Gasteiger partial charge is 0.390 e. The lowest BCUT2D eigenvalue weighted by atomic mass is 10.1. The number of aliphatic hydroxyl groups is 1. The van der Waals surface area contributed by atoms with E-state index in [1.54, 1.807) is 19.9 Å². The Labute approximate surface area is 94.8 Å². The first-order chi connectivity index (χ1) is 7.35. The first-order valence-electron chi connectivity index (χ1n) is 5.18. The third-order valence-electron chi connectivity index (χ3n) is 2.46. The van der Waals surface area contributed by atoms with E-state index in [4.69, 9.17) is 5.26 Å². The third-order valence-corrected chi connectivity index (χ3v) is 2.46. The van der Waals surface area contributed by atoms with Crippen LogP contribution in [0.25, 0.3) is 0 Å². The van der Waals surface area contributed by atoms with Gasteiger partial charge in [0.05, 0.1) is 5.60 Å². The average molecular weight is 220 g/mol. The van der Waals surface area contributed by atoms with E-state index in [-0.39, 0.29) is 11.1 Å². The fourth-order valence-corrected chi connectivity index (χ4v) is 1.42. The number of nitrogens with zero attached hydrogens (tertiary/aromatic N) is 2. The van der Waals surface area contributed by atoms with E-state index in [2.05, 4.69) is 0 Å². The predicted octanol–water partition coefficient (Wildman–Crippen LogP) is 1.19. The Morgan fingerprint density at radius 3 is 2.62 bits per heavy atom. The summed E-state index contributed by atoms with van der Waals surface area (Å²) in [5.41, 5.74) is -0.157. The number of pyridine rings is 1. The van der Waals surface area contributed by atoms with Gasteiger partial charge in [0.15, 0.2) is 0 Å². The van der Waals surface area contributed by atoms with Gasteiger partial charge in [-0.15, -0.1) is 0 Å². The van der Waals surface area contributed by atoms with Crippen molar-refractivity contribution in [3.05, 3.63) is 33.7 Å². The zero-order chi connectivity index (χ0) is 12.3. The van der Waals surface area contributed by atoms with E-state index in [0.29, 0.717) is 13.0 Å². The smallest absolute Gasteiger partial charge is 0.268 e. The van der Waals surface area contributed by atoms with Gasteiger partial charge in [-0.05, 0) is 39.3 Å². The van der Waals surface area contributed by atoms with Gasteiger partial charge in [-0.1, -0.05) is 0 Å². The highest BCUT2D eigenvalue weighted by Gasteiger charge is 2.14. The highest BCUT2D eigenvalue weighted by molar-refractivity contribution is 5.27. The second-order valence-corrected chi connectivity index (χ2v) is 4.52. The normalized spacial score (nSPS) is 11.2. The summed E-state index contributed by atoms with van der Waals surface area (Å²) in [6, 6.07) is 5.13. The molecular weight excluding hydrogens is 204 g/mol. The molecule has 0 aliphatic rings. The Kier molecular flexibility index (Phi) is 3.51. The fraction of sp³-hybridized carbons (Fsp3) is 0.500. The molecule has 1 rings (SSSR count). The van der Waals surface area contributed by atoms with Gasteiger partial charge in [-0.25, -0.2) is 0 Å². The number of hydrogen-bond donors (Lipinski definition) is 1. The molecule has 0 aliphatic carbocycles. The Hall–Kier alpha value is -1.60. The number of rotatable bonds is 3. The summed E-state index contributed by atoms with van der Waals surface area (Å²) < 4.78 is 1.52. The Balaban J connectivity index is 3.05. The summed E-state index contributed by atoms with van der Waals surface area (Å²) in [4.78, 5) is 11.8. The van der Waals surface area contributed by atoms with Crippen LogP contribution in [0.1, 0.15) is 31.5 Å². The number of aryl methyl sites for hydroxylation is 1. The molecule has 1 aromatic heterocycles. The Morgan fingerprint density at radius 1 is 1.50 bits per heavy atom. The molecule has 0 atom stereocenters. The monoisotopic (exact) mass is 220 g/mol.